The highest BCUT2D eigenvalue weighted by molar-refractivity contribution is 5.32. The molecule has 0 heterocycles. The van der Waals surface area contributed by atoms with Crippen molar-refractivity contribution in [3.63, 3.8) is 0 Å². The number of aromatic hydroxyl groups is 1. The highest BCUT2D eigenvalue weighted by Gasteiger charge is 1.93. The molecule has 1 aromatic carbocycles. The molecule has 0 aromatic heterocycles. The predicted octanol–water partition coefficient (Wildman–Crippen LogP) is 2.12. The van der Waals surface area contributed by atoms with E-state index in [1.165, 1.54) is 0 Å². The monoisotopic (exact) mass is 180 g/mol. The first-order valence-corrected chi connectivity index (χ1v) is 4.24. The van der Waals surface area contributed by atoms with E-state index in [0.717, 1.165) is 12.0 Å². The number of rotatable bonds is 2. The van der Waals surface area contributed by atoms with Crippen molar-refractivity contribution in [2.75, 3.05) is 6.61 Å². The van der Waals surface area contributed by atoms with Crippen LogP contribution < -0.4 is 0 Å². The summed E-state index contributed by atoms with van der Waals surface area (Å²) in [5.41, 5.74) is 0.928. The second-order valence-electron chi connectivity index (χ2n) is 2.44. The lowest BCUT2D eigenvalue weighted by Gasteiger charge is -1.97. The maximum atomic E-state index is 9.19. The van der Waals surface area contributed by atoms with Crippen LogP contribution in [0.1, 0.15) is 12.5 Å². The smallest absolute Gasteiger partial charge is 0.119 e. The Labute approximate surface area is 79.2 Å². The summed E-state index contributed by atoms with van der Waals surface area (Å²) >= 11 is 0. The largest absolute Gasteiger partial charge is 0.508 e. The molecule has 0 atom stereocenters. The summed E-state index contributed by atoms with van der Waals surface area (Å²) < 4.78 is 0. The van der Waals surface area contributed by atoms with Crippen LogP contribution in [0.25, 0.3) is 0 Å². The van der Waals surface area contributed by atoms with E-state index >= 15 is 0 Å². The highest BCUT2D eigenvalue weighted by atomic mass is 16.3. The van der Waals surface area contributed by atoms with Crippen LogP contribution >= 0.6 is 0 Å². The molecule has 0 saturated heterocycles. The summed E-state index contributed by atoms with van der Waals surface area (Å²) in [6.07, 6.45) is 2.50. The van der Waals surface area contributed by atoms with Gasteiger partial charge in [-0.3, -0.25) is 0 Å². The molecule has 0 saturated carbocycles. The van der Waals surface area contributed by atoms with Gasteiger partial charge in [0.2, 0.25) is 0 Å². The molecule has 0 aliphatic carbocycles. The molecule has 0 radical (unpaired) electrons. The van der Waals surface area contributed by atoms with Gasteiger partial charge in [0.15, 0.2) is 0 Å². The fourth-order valence-corrected chi connectivity index (χ4v) is 0.839. The molecule has 1 aromatic rings. The molecular weight excluding hydrogens is 164 g/mol. The molecule has 0 aliphatic rings. The van der Waals surface area contributed by atoms with E-state index < -0.39 is 0 Å². The number of benzene rings is 1. The van der Waals surface area contributed by atoms with Crippen molar-refractivity contribution in [3.8, 4) is 5.75 Å². The molecule has 0 bridgehead atoms. The Morgan fingerprint density at radius 2 is 1.92 bits per heavy atom. The number of allylic oxidation sites excluding steroid dienone is 1. The van der Waals surface area contributed by atoms with Gasteiger partial charge in [0.05, 0.1) is 0 Å². The third-order valence-corrected chi connectivity index (χ3v) is 1.36. The van der Waals surface area contributed by atoms with Crippen LogP contribution in [0.3, 0.4) is 0 Å². The molecule has 0 spiro atoms. The molecule has 2 nitrogen and oxygen atoms in total. The number of para-hydroxylation sites is 1. The number of aliphatic hydroxyl groups excluding tert-OH is 1. The van der Waals surface area contributed by atoms with E-state index in [4.69, 9.17) is 5.11 Å². The normalized spacial score (nSPS) is 8.46. The van der Waals surface area contributed by atoms with E-state index in [2.05, 4.69) is 6.58 Å². The highest BCUT2D eigenvalue weighted by Crippen LogP contribution is 2.15. The molecule has 0 unspecified atom stereocenters. The zero-order valence-electron chi connectivity index (χ0n) is 7.90. The van der Waals surface area contributed by atoms with Crippen molar-refractivity contribution in [1.29, 1.82) is 0 Å². The van der Waals surface area contributed by atoms with Crippen molar-refractivity contribution < 1.29 is 10.2 Å². The number of phenolic OH excluding ortho intramolecular Hbond substituents is 1. The first-order valence-electron chi connectivity index (χ1n) is 4.24. The topological polar surface area (TPSA) is 40.5 Å². The lowest BCUT2D eigenvalue weighted by molar-refractivity contribution is 0.318. The van der Waals surface area contributed by atoms with Gasteiger partial charge in [-0.1, -0.05) is 24.3 Å². The summed E-state index contributed by atoms with van der Waals surface area (Å²) in [5.74, 6) is 0.349. The molecule has 0 fully saturated rings. The van der Waals surface area contributed by atoms with Gasteiger partial charge >= 0.3 is 0 Å². The lowest BCUT2D eigenvalue weighted by Crippen LogP contribution is -1.79. The molecule has 0 amide bonds. The molecule has 2 N–H and O–H groups in total. The van der Waals surface area contributed by atoms with Crippen molar-refractivity contribution >= 4 is 0 Å². The maximum Gasteiger partial charge on any atom is 0.119 e. The maximum absolute atomic E-state index is 9.19. The molecule has 72 valence electrons. The van der Waals surface area contributed by atoms with Crippen LogP contribution in [0.4, 0.5) is 0 Å². The number of hydrogen-bond donors (Lipinski definition) is 2. The van der Waals surface area contributed by atoms with Crippen LogP contribution in [-0.2, 0) is 6.42 Å². The van der Waals surface area contributed by atoms with Gasteiger partial charge in [-0.05, 0) is 25.0 Å². The third-order valence-electron chi connectivity index (χ3n) is 1.36. The Balaban J connectivity index is 0.000000424. The van der Waals surface area contributed by atoms with Crippen LogP contribution in [0.15, 0.2) is 36.9 Å². The van der Waals surface area contributed by atoms with Crippen molar-refractivity contribution in [1.82, 2.24) is 0 Å². The fraction of sp³-hybridized carbons (Fsp3) is 0.273. The Kier molecular flexibility index (Phi) is 6.65. The molecule has 1 rings (SSSR count). The minimum absolute atomic E-state index is 0.250. The molecule has 0 aliphatic heterocycles. The van der Waals surface area contributed by atoms with E-state index in [-0.39, 0.29) is 6.61 Å². The minimum atomic E-state index is 0.250. The minimum Gasteiger partial charge on any atom is -0.508 e. The zero-order chi connectivity index (χ0) is 10.1. The summed E-state index contributed by atoms with van der Waals surface area (Å²) in [6, 6.07) is 7.27. The lowest BCUT2D eigenvalue weighted by atomic mass is 10.1. The van der Waals surface area contributed by atoms with E-state index in [1.54, 1.807) is 19.1 Å². The van der Waals surface area contributed by atoms with Gasteiger partial charge in [0, 0.05) is 6.61 Å². The van der Waals surface area contributed by atoms with Gasteiger partial charge < -0.3 is 10.2 Å². The van der Waals surface area contributed by atoms with E-state index in [9.17, 15) is 5.11 Å². The molecular formula is C11H16O2. The van der Waals surface area contributed by atoms with Crippen LogP contribution in [0.2, 0.25) is 0 Å². The fourth-order valence-electron chi connectivity index (χ4n) is 0.839. The van der Waals surface area contributed by atoms with E-state index in [1.807, 2.05) is 18.2 Å². The Bertz CT molecular complexity index is 244. The van der Waals surface area contributed by atoms with Gasteiger partial charge in [0.1, 0.15) is 5.75 Å². The second-order valence-corrected chi connectivity index (χ2v) is 2.44. The second kappa shape index (κ2) is 7.37. The van der Waals surface area contributed by atoms with Crippen LogP contribution in [0.5, 0.6) is 5.75 Å². The van der Waals surface area contributed by atoms with Crippen LogP contribution in [-0.4, -0.2) is 16.8 Å². The predicted molar refractivity (Wildman–Crippen MR) is 54.8 cm³/mol. The first-order chi connectivity index (χ1) is 6.26. The van der Waals surface area contributed by atoms with Gasteiger partial charge in [-0.15, -0.1) is 6.58 Å². The quantitative estimate of drug-likeness (QED) is 0.684. The third kappa shape index (κ3) is 5.04. The number of hydrogen-bond acceptors (Lipinski definition) is 2. The number of phenols is 1. The summed E-state index contributed by atoms with van der Waals surface area (Å²) in [6.45, 7) is 5.52. The number of aliphatic hydroxyl groups is 1. The van der Waals surface area contributed by atoms with Gasteiger partial charge in [-0.25, -0.2) is 0 Å². The zero-order valence-corrected chi connectivity index (χ0v) is 7.90. The van der Waals surface area contributed by atoms with Crippen molar-refractivity contribution in [2.24, 2.45) is 0 Å². The average molecular weight is 180 g/mol. The van der Waals surface area contributed by atoms with E-state index in [0.29, 0.717) is 5.75 Å². The summed E-state index contributed by atoms with van der Waals surface area (Å²) in [5, 5.41) is 16.8. The Morgan fingerprint density at radius 1 is 1.38 bits per heavy atom. The van der Waals surface area contributed by atoms with Gasteiger partial charge in [-0.2, -0.15) is 0 Å². The summed E-state index contributed by atoms with van der Waals surface area (Å²) in [4.78, 5) is 0. The SMILES string of the molecule is C=CCc1ccccc1O.CCO. The first kappa shape index (κ1) is 11.7. The standard InChI is InChI=1S/C9H10O.C2H6O/c1-2-5-8-6-3-4-7-9(8)10;1-2-3/h2-4,6-7,10H,1,5H2;3H,2H2,1H3. The van der Waals surface area contributed by atoms with Crippen molar-refractivity contribution in [3.05, 3.63) is 42.5 Å². The summed E-state index contributed by atoms with van der Waals surface area (Å²) in [7, 11) is 0. The van der Waals surface area contributed by atoms with Crippen LogP contribution in [0, 0.1) is 0 Å². The Hall–Kier alpha value is -1.28. The van der Waals surface area contributed by atoms with Gasteiger partial charge in [0.25, 0.3) is 0 Å². The van der Waals surface area contributed by atoms with Crippen molar-refractivity contribution in [2.45, 2.75) is 13.3 Å². The average Bonchev–Trinajstić information content (AvgIpc) is 2.11. The molecule has 2 heteroatoms. The molecule has 13 heavy (non-hydrogen) atoms. The Morgan fingerprint density at radius 3 is 2.38 bits per heavy atom.